The summed E-state index contributed by atoms with van der Waals surface area (Å²) >= 11 is 0. The molecule has 0 saturated carbocycles. The topological polar surface area (TPSA) is 89.7 Å². The highest BCUT2D eigenvalue weighted by Gasteiger charge is 2.25. The molecule has 2 aromatic rings. The quantitative estimate of drug-likeness (QED) is 0.690. The van der Waals surface area contributed by atoms with Gasteiger partial charge >= 0.3 is 11.7 Å². The largest absolute Gasteiger partial charge is 0.477 e. The van der Waals surface area contributed by atoms with E-state index in [0.29, 0.717) is 6.07 Å². The van der Waals surface area contributed by atoms with Gasteiger partial charge in [0, 0.05) is 18.2 Å². The Morgan fingerprint density at radius 3 is 2.33 bits per heavy atom. The van der Waals surface area contributed by atoms with Gasteiger partial charge in [0.25, 0.3) is 0 Å². The first-order valence-corrected chi connectivity index (χ1v) is 5.53. The second-order valence-corrected chi connectivity index (χ2v) is 3.92. The number of nitro groups is 1. The lowest BCUT2D eigenvalue weighted by atomic mass is 10.1. The van der Waals surface area contributed by atoms with Crippen molar-refractivity contribution in [3.8, 4) is 11.5 Å². The van der Waals surface area contributed by atoms with Gasteiger partial charge in [-0.05, 0) is 12.1 Å². The first kappa shape index (κ1) is 14.4. The van der Waals surface area contributed by atoms with Crippen LogP contribution < -0.4 is 4.74 Å². The maximum atomic E-state index is 13.0. The molecule has 0 saturated heterocycles. The van der Waals surface area contributed by atoms with Crippen molar-refractivity contribution in [3.05, 3.63) is 63.7 Å². The molecule has 21 heavy (non-hydrogen) atoms. The average Bonchev–Trinajstić information content (AvgIpc) is 2.36. The summed E-state index contributed by atoms with van der Waals surface area (Å²) in [5, 5.41) is 19.9. The summed E-state index contributed by atoms with van der Waals surface area (Å²) in [5.74, 6) is -4.12. The maximum Gasteiger partial charge on any atom is 0.342 e. The van der Waals surface area contributed by atoms with Gasteiger partial charge in [0.15, 0.2) is 0 Å². The van der Waals surface area contributed by atoms with Crippen LogP contribution in [0.1, 0.15) is 10.4 Å². The van der Waals surface area contributed by atoms with Gasteiger partial charge in [0.1, 0.15) is 22.9 Å². The molecular weight excluding hydrogens is 288 g/mol. The van der Waals surface area contributed by atoms with E-state index in [1.165, 1.54) is 6.07 Å². The van der Waals surface area contributed by atoms with Crippen LogP contribution in [0.25, 0.3) is 0 Å². The summed E-state index contributed by atoms with van der Waals surface area (Å²) < 4.78 is 31.1. The number of carboxylic acids is 1. The maximum absolute atomic E-state index is 13.0. The molecule has 8 heteroatoms. The first-order chi connectivity index (χ1) is 9.88. The summed E-state index contributed by atoms with van der Waals surface area (Å²) in [6.45, 7) is 0. The van der Waals surface area contributed by atoms with Gasteiger partial charge in [0.2, 0.25) is 5.75 Å². The Kier molecular flexibility index (Phi) is 3.79. The Bertz CT molecular complexity index is 712. The number of ether oxygens (including phenoxy) is 1. The third kappa shape index (κ3) is 3.11. The van der Waals surface area contributed by atoms with Crippen molar-refractivity contribution in [2.24, 2.45) is 0 Å². The molecule has 2 aromatic carbocycles. The molecular formula is C13H7F2NO5. The number of carbonyl (C=O) groups is 1. The number of halogens is 2. The van der Waals surface area contributed by atoms with Gasteiger partial charge in [-0.25, -0.2) is 13.6 Å². The van der Waals surface area contributed by atoms with Crippen molar-refractivity contribution >= 4 is 11.7 Å². The van der Waals surface area contributed by atoms with Crippen LogP contribution in [0.2, 0.25) is 0 Å². The van der Waals surface area contributed by atoms with Crippen molar-refractivity contribution in [2.45, 2.75) is 0 Å². The van der Waals surface area contributed by atoms with Gasteiger partial charge in [-0.2, -0.15) is 0 Å². The van der Waals surface area contributed by atoms with E-state index in [0.717, 1.165) is 24.3 Å². The van der Waals surface area contributed by atoms with E-state index in [2.05, 4.69) is 0 Å². The average molecular weight is 295 g/mol. The second-order valence-electron chi connectivity index (χ2n) is 3.92. The number of nitro benzene ring substituents is 1. The van der Waals surface area contributed by atoms with E-state index in [9.17, 15) is 23.7 Å². The van der Waals surface area contributed by atoms with Crippen molar-refractivity contribution in [1.82, 2.24) is 0 Å². The molecule has 6 nitrogen and oxygen atoms in total. The molecule has 0 heterocycles. The SMILES string of the molecule is O=C(O)c1cccc(Oc2cc(F)cc(F)c2)c1[N+](=O)[O-]. The Hall–Kier alpha value is -3.03. The number of hydrogen-bond acceptors (Lipinski definition) is 4. The van der Waals surface area contributed by atoms with Crippen molar-refractivity contribution < 1.29 is 28.3 Å². The molecule has 0 bridgehead atoms. The van der Waals surface area contributed by atoms with Crippen LogP contribution in [0.4, 0.5) is 14.5 Å². The lowest BCUT2D eigenvalue weighted by Crippen LogP contribution is -2.04. The number of rotatable bonds is 4. The van der Waals surface area contributed by atoms with E-state index in [1.54, 1.807) is 0 Å². The zero-order chi connectivity index (χ0) is 15.6. The van der Waals surface area contributed by atoms with Gasteiger partial charge in [-0.15, -0.1) is 0 Å². The standard InChI is InChI=1S/C13H7F2NO5/c14-7-4-8(15)6-9(5-7)21-11-3-1-2-10(13(17)18)12(11)16(19)20/h1-6H,(H,17,18). The molecule has 0 aliphatic rings. The van der Waals surface area contributed by atoms with Gasteiger partial charge in [-0.1, -0.05) is 6.07 Å². The monoisotopic (exact) mass is 295 g/mol. The van der Waals surface area contributed by atoms with Gasteiger partial charge in [0.05, 0.1) is 4.92 Å². The molecule has 0 spiro atoms. The van der Waals surface area contributed by atoms with Crippen LogP contribution in [-0.4, -0.2) is 16.0 Å². The van der Waals surface area contributed by atoms with E-state index in [1.807, 2.05) is 0 Å². The van der Waals surface area contributed by atoms with E-state index in [-0.39, 0.29) is 5.75 Å². The zero-order valence-electron chi connectivity index (χ0n) is 10.2. The molecule has 0 amide bonds. The molecule has 1 N–H and O–H groups in total. The molecule has 0 atom stereocenters. The number of benzene rings is 2. The summed E-state index contributed by atoms with van der Waals surface area (Å²) in [5.41, 5.74) is -1.39. The third-order valence-corrected chi connectivity index (χ3v) is 2.48. The van der Waals surface area contributed by atoms with Crippen LogP contribution in [0.3, 0.4) is 0 Å². The second kappa shape index (κ2) is 5.53. The highest BCUT2D eigenvalue weighted by atomic mass is 19.1. The predicted octanol–water partition coefficient (Wildman–Crippen LogP) is 3.36. The van der Waals surface area contributed by atoms with Crippen LogP contribution in [0, 0.1) is 21.7 Å². The fourth-order valence-electron chi connectivity index (χ4n) is 1.68. The third-order valence-electron chi connectivity index (χ3n) is 2.48. The summed E-state index contributed by atoms with van der Waals surface area (Å²) in [7, 11) is 0. The summed E-state index contributed by atoms with van der Waals surface area (Å²) in [4.78, 5) is 21.0. The summed E-state index contributed by atoms with van der Waals surface area (Å²) in [6, 6.07) is 5.63. The van der Waals surface area contributed by atoms with Crippen molar-refractivity contribution in [3.63, 3.8) is 0 Å². The Labute approximate surface area is 116 Å². The molecule has 0 radical (unpaired) electrons. The number of nitrogens with zero attached hydrogens (tertiary/aromatic N) is 1. The normalized spacial score (nSPS) is 10.2. The molecule has 0 aliphatic heterocycles. The van der Waals surface area contributed by atoms with Crippen LogP contribution >= 0.6 is 0 Å². The number of carboxylic acid groups (broad SMARTS) is 1. The van der Waals surface area contributed by atoms with Gasteiger partial charge < -0.3 is 9.84 Å². The predicted molar refractivity (Wildman–Crippen MR) is 66.5 cm³/mol. The van der Waals surface area contributed by atoms with Crippen LogP contribution in [0.15, 0.2) is 36.4 Å². The molecule has 108 valence electrons. The number of aromatic carboxylic acids is 1. The molecule has 2 rings (SSSR count). The Morgan fingerprint density at radius 2 is 1.81 bits per heavy atom. The number of para-hydroxylation sites is 1. The highest BCUT2D eigenvalue weighted by molar-refractivity contribution is 5.93. The van der Waals surface area contributed by atoms with Crippen LogP contribution in [-0.2, 0) is 0 Å². The fraction of sp³-hybridized carbons (Fsp3) is 0. The Balaban J connectivity index is 2.51. The van der Waals surface area contributed by atoms with Crippen LogP contribution in [0.5, 0.6) is 11.5 Å². The van der Waals surface area contributed by atoms with Crippen molar-refractivity contribution in [1.29, 1.82) is 0 Å². The minimum absolute atomic E-state index is 0.321. The van der Waals surface area contributed by atoms with Gasteiger partial charge in [-0.3, -0.25) is 10.1 Å². The molecule has 0 fully saturated rings. The fourth-order valence-corrected chi connectivity index (χ4v) is 1.68. The minimum Gasteiger partial charge on any atom is -0.477 e. The van der Waals surface area contributed by atoms with E-state index in [4.69, 9.17) is 9.84 Å². The van der Waals surface area contributed by atoms with Crippen molar-refractivity contribution in [2.75, 3.05) is 0 Å². The summed E-state index contributed by atoms with van der Waals surface area (Å²) in [6.07, 6.45) is 0. The molecule has 0 aliphatic carbocycles. The minimum atomic E-state index is -1.52. The van der Waals surface area contributed by atoms with E-state index >= 15 is 0 Å². The lowest BCUT2D eigenvalue weighted by Gasteiger charge is -2.08. The highest BCUT2D eigenvalue weighted by Crippen LogP contribution is 2.34. The number of hydrogen-bond donors (Lipinski definition) is 1. The molecule has 0 unspecified atom stereocenters. The lowest BCUT2D eigenvalue weighted by molar-refractivity contribution is -0.386. The Morgan fingerprint density at radius 1 is 1.19 bits per heavy atom. The zero-order valence-corrected chi connectivity index (χ0v) is 10.2. The smallest absolute Gasteiger partial charge is 0.342 e. The van der Waals surface area contributed by atoms with E-state index < -0.39 is 39.5 Å². The molecule has 0 aromatic heterocycles. The first-order valence-electron chi connectivity index (χ1n) is 5.53.